The molecule has 2 aromatic rings. The summed E-state index contributed by atoms with van der Waals surface area (Å²) >= 11 is 5.66. The zero-order valence-electron chi connectivity index (χ0n) is 8.75. The molecule has 0 aliphatic heterocycles. The Hall–Kier alpha value is -1.28. The van der Waals surface area contributed by atoms with Crippen molar-refractivity contribution in [2.75, 3.05) is 0 Å². The van der Waals surface area contributed by atoms with Crippen LogP contribution in [-0.2, 0) is 5.88 Å². The molecule has 0 saturated heterocycles. The van der Waals surface area contributed by atoms with Gasteiger partial charge in [-0.05, 0) is 19.4 Å². The molecule has 0 spiro atoms. The monoisotopic (exact) mass is 221 g/mol. The maximum absolute atomic E-state index is 5.66. The molecule has 2 rings (SSSR count). The second-order valence-corrected chi connectivity index (χ2v) is 3.90. The summed E-state index contributed by atoms with van der Waals surface area (Å²) in [6.45, 7) is 4.14. The number of halogens is 1. The van der Waals surface area contributed by atoms with E-state index in [0.29, 0.717) is 11.6 Å². The lowest BCUT2D eigenvalue weighted by molar-refractivity contribution is 0.396. The highest BCUT2D eigenvalue weighted by Crippen LogP contribution is 2.24. The van der Waals surface area contributed by atoms with Crippen molar-refractivity contribution in [3.05, 3.63) is 41.2 Å². The average Bonchev–Trinajstić information content (AvgIpc) is 2.66. The SMILES string of the molecule is Cc1ccc(-c2cc(CCl)on2)c(C)c1. The zero-order chi connectivity index (χ0) is 10.8. The van der Waals surface area contributed by atoms with Crippen molar-refractivity contribution in [2.24, 2.45) is 0 Å². The first-order valence-electron chi connectivity index (χ1n) is 4.80. The first-order chi connectivity index (χ1) is 7.20. The highest BCUT2D eigenvalue weighted by molar-refractivity contribution is 6.16. The maximum Gasteiger partial charge on any atom is 0.152 e. The van der Waals surface area contributed by atoms with E-state index in [2.05, 4.69) is 37.2 Å². The minimum absolute atomic E-state index is 0.359. The molecule has 0 fully saturated rings. The largest absolute Gasteiger partial charge is 0.359 e. The van der Waals surface area contributed by atoms with E-state index in [-0.39, 0.29) is 0 Å². The van der Waals surface area contributed by atoms with Crippen molar-refractivity contribution >= 4 is 11.6 Å². The molecule has 3 heteroatoms. The van der Waals surface area contributed by atoms with E-state index < -0.39 is 0 Å². The molecule has 1 heterocycles. The van der Waals surface area contributed by atoms with Crippen LogP contribution in [-0.4, -0.2) is 5.16 Å². The standard InChI is InChI=1S/C12H12ClNO/c1-8-3-4-11(9(2)5-8)12-6-10(7-13)15-14-12/h3-6H,7H2,1-2H3. The van der Waals surface area contributed by atoms with Crippen molar-refractivity contribution in [1.29, 1.82) is 0 Å². The predicted molar refractivity (Wildman–Crippen MR) is 61.0 cm³/mol. The quantitative estimate of drug-likeness (QED) is 0.723. The van der Waals surface area contributed by atoms with Crippen LogP contribution in [0.4, 0.5) is 0 Å². The van der Waals surface area contributed by atoms with Crippen molar-refractivity contribution in [3.63, 3.8) is 0 Å². The average molecular weight is 222 g/mol. The van der Waals surface area contributed by atoms with Crippen LogP contribution in [0.15, 0.2) is 28.8 Å². The van der Waals surface area contributed by atoms with Gasteiger partial charge >= 0.3 is 0 Å². The van der Waals surface area contributed by atoms with Gasteiger partial charge in [-0.3, -0.25) is 0 Å². The molecule has 1 aromatic carbocycles. The summed E-state index contributed by atoms with van der Waals surface area (Å²) in [5, 5.41) is 3.99. The number of benzene rings is 1. The van der Waals surface area contributed by atoms with E-state index >= 15 is 0 Å². The van der Waals surface area contributed by atoms with Gasteiger partial charge in [-0.2, -0.15) is 0 Å². The summed E-state index contributed by atoms with van der Waals surface area (Å²) in [6, 6.07) is 8.13. The second kappa shape index (κ2) is 4.07. The molecule has 2 nitrogen and oxygen atoms in total. The molecule has 0 amide bonds. The minimum atomic E-state index is 0.359. The van der Waals surface area contributed by atoms with Gasteiger partial charge in [0.05, 0.1) is 5.88 Å². The van der Waals surface area contributed by atoms with Gasteiger partial charge < -0.3 is 4.52 Å². The number of aryl methyl sites for hydroxylation is 2. The van der Waals surface area contributed by atoms with Crippen molar-refractivity contribution in [1.82, 2.24) is 5.16 Å². The summed E-state index contributed by atoms with van der Waals surface area (Å²) in [5.74, 6) is 1.06. The Labute approximate surface area is 93.9 Å². The van der Waals surface area contributed by atoms with E-state index in [9.17, 15) is 0 Å². The van der Waals surface area contributed by atoms with Gasteiger partial charge in [0.2, 0.25) is 0 Å². The molecule has 1 aromatic heterocycles. The van der Waals surface area contributed by atoms with Crippen molar-refractivity contribution in [2.45, 2.75) is 19.7 Å². The van der Waals surface area contributed by atoms with Crippen LogP contribution in [0.25, 0.3) is 11.3 Å². The third-order valence-electron chi connectivity index (χ3n) is 2.35. The van der Waals surface area contributed by atoms with Crippen LogP contribution in [0.5, 0.6) is 0 Å². The Kier molecular flexibility index (Phi) is 2.78. The molecule has 0 saturated carbocycles. The van der Waals surface area contributed by atoms with E-state index in [1.54, 1.807) is 0 Å². The fraction of sp³-hybridized carbons (Fsp3) is 0.250. The number of rotatable bonds is 2. The number of hydrogen-bond donors (Lipinski definition) is 0. The number of hydrogen-bond acceptors (Lipinski definition) is 2. The first kappa shape index (κ1) is 10.2. The Morgan fingerprint density at radius 2 is 2.07 bits per heavy atom. The van der Waals surface area contributed by atoms with E-state index in [0.717, 1.165) is 11.3 Å². The molecule has 0 aliphatic rings. The number of nitrogens with zero attached hydrogens (tertiary/aromatic N) is 1. The lowest BCUT2D eigenvalue weighted by Gasteiger charge is -2.02. The number of aromatic nitrogens is 1. The highest BCUT2D eigenvalue weighted by atomic mass is 35.5. The predicted octanol–water partition coefficient (Wildman–Crippen LogP) is 3.70. The van der Waals surface area contributed by atoms with Crippen LogP contribution in [0.3, 0.4) is 0 Å². The summed E-state index contributed by atoms with van der Waals surface area (Å²) < 4.78 is 5.07. The maximum atomic E-state index is 5.66. The van der Waals surface area contributed by atoms with Crippen molar-refractivity contribution in [3.8, 4) is 11.3 Å². The summed E-state index contributed by atoms with van der Waals surface area (Å²) in [4.78, 5) is 0. The third kappa shape index (κ3) is 2.05. The van der Waals surface area contributed by atoms with E-state index in [4.69, 9.17) is 16.1 Å². The van der Waals surface area contributed by atoms with Gasteiger partial charge in [-0.25, -0.2) is 0 Å². The van der Waals surface area contributed by atoms with Gasteiger partial charge in [0.1, 0.15) is 5.69 Å². The molecule has 15 heavy (non-hydrogen) atoms. The Balaban J connectivity index is 2.44. The Bertz CT molecular complexity index is 476. The second-order valence-electron chi connectivity index (χ2n) is 3.63. The summed E-state index contributed by atoms with van der Waals surface area (Å²) in [6.07, 6.45) is 0. The zero-order valence-corrected chi connectivity index (χ0v) is 9.51. The van der Waals surface area contributed by atoms with Gasteiger partial charge in [-0.15, -0.1) is 11.6 Å². The first-order valence-corrected chi connectivity index (χ1v) is 5.33. The molecule has 78 valence electrons. The molecule has 0 radical (unpaired) electrons. The number of alkyl halides is 1. The van der Waals surface area contributed by atoms with E-state index in [1.807, 2.05) is 6.07 Å². The topological polar surface area (TPSA) is 26.0 Å². The van der Waals surface area contributed by atoms with Crippen LogP contribution in [0.2, 0.25) is 0 Å². The normalized spacial score (nSPS) is 10.6. The van der Waals surface area contributed by atoms with Gasteiger partial charge in [0.25, 0.3) is 0 Å². The lowest BCUT2D eigenvalue weighted by Crippen LogP contribution is -1.84. The van der Waals surface area contributed by atoms with Crippen molar-refractivity contribution < 1.29 is 4.52 Å². The van der Waals surface area contributed by atoms with E-state index in [1.165, 1.54) is 11.1 Å². The minimum Gasteiger partial charge on any atom is -0.359 e. The molecule has 0 atom stereocenters. The molecule has 0 unspecified atom stereocenters. The smallest absolute Gasteiger partial charge is 0.152 e. The fourth-order valence-corrected chi connectivity index (χ4v) is 1.73. The molecule has 0 aliphatic carbocycles. The van der Waals surface area contributed by atoms with Crippen LogP contribution in [0.1, 0.15) is 16.9 Å². The summed E-state index contributed by atoms with van der Waals surface area (Å²) in [7, 11) is 0. The third-order valence-corrected chi connectivity index (χ3v) is 2.61. The van der Waals surface area contributed by atoms with Gasteiger partial charge in [-0.1, -0.05) is 28.9 Å². The van der Waals surface area contributed by atoms with Crippen LogP contribution in [0, 0.1) is 13.8 Å². The molecular weight excluding hydrogens is 210 g/mol. The van der Waals surface area contributed by atoms with Crippen LogP contribution < -0.4 is 0 Å². The Morgan fingerprint density at radius 1 is 1.27 bits per heavy atom. The highest BCUT2D eigenvalue weighted by Gasteiger charge is 2.07. The fourth-order valence-electron chi connectivity index (χ4n) is 1.60. The molecule has 0 N–H and O–H groups in total. The van der Waals surface area contributed by atoms with Gasteiger partial charge in [0, 0.05) is 11.6 Å². The van der Waals surface area contributed by atoms with Gasteiger partial charge in [0.15, 0.2) is 5.76 Å². The Morgan fingerprint density at radius 3 is 2.67 bits per heavy atom. The summed E-state index contributed by atoms with van der Waals surface area (Å²) in [5.41, 5.74) is 4.39. The molecule has 0 bridgehead atoms. The lowest BCUT2D eigenvalue weighted by atomic mass is 10.0. The van der Waals surface area contributed by atoms with Crippen LogP contribution >= 0.6 is 11.6 Å². The molecular formula is C12H12ClNO.